The van der Waals surface area contributed by atoms with E-state index in [1.807, 2.05) is 30.3 Å². The SMILES string of the molecule is O=C(CNc1ccc(Cl)c(Cl)c1)NN=Cc1c(O)ccc2ccccc12. The lowest BCUT2D eigenvalue weighted by molar-refractivity contribution is -0.119. The Balaban J connectivity index is 1.62. The lowest BCUT2D eigenvalue weighted by Crippen LogP contribution is -2.25. The minimum atomic E-state index is -0.341. The number of fused-ring (bicyclic) bond motifs is 1. The number of nitrogens with one attached hydrogen (secondary N) is 2. The van der Waals surface area contributed by atoms with Crippen LogP contribution in [0, 0.1) is 0 Å². The number of carbonyl (C=O) groups excluding carboxylic acids is 1. The summed E-state index contributed by atoms with van der Waals surface area (Å²) in [5, 5.41) is 19.6. The molecule has 5 nitrogen and oxygen atoms in total. The van der Waals surface area contributed by atoms with Gasteiger partial charge < -0.3 is 10.4 Å². The second-order valence-corrected chi connectivity index (χ2v) is 6.31. The van der Waals surface area contributed by atoms with Crippen molar-refractivity contribution in [2.75, 3.05) is 11.9 Å². The third kappa shape index (κ3) is 4.25. The Morgan fingerprint density at radius 3 is 2.69 bits per heavy atom. The summed E-state index contributed by atoms with van der Waals surface area (Å²) in [5.74, 6) is -0.248. The second kappa shape index (κ2) is 8.08. The number of halogens is 2. The molecule has 0 aromatic heterocycles. The molecule has 3 N–H and O–H groups in total. The first-order chi connectivity index (χ1) is 12.5. The molecular formula is C19H15Cl2N3O2. The molecule has 7 heteroatoms. The standard InChI is InChI=1S/C19H15Cl2N3O2/c20-16-7-6-13(9-17(16)21)22-11-19(26)24-23-10-15-14-4-2-1-3-12(14)5-8-18(15)25/h1-10,22,25H,11H2,(H,24,26). The van der Waals surface area contributed by atoms with Gasteiger partial charge in [0.15, 0.2) is 0 Å². The van der Waals surface area contributed by atoms with Crippen LogP contribution in [-0.2, 0) is 4.79 Å². The Kier molecular flexibility index (Phi) is 5.61. The molecular weight excluding hydrogens is 373 g/mol. The van der Waals surface area contributed by atoms with Gasteiger partial charge in [0, 0.05) is 11.3 Å². The number of benzene rings is 3. The summed E-state index contributed by atoms with van der Waals surface area (Å²) in [6, 6.07) is 16.0. The molecule has 0 saturated carbocycles. The van der Waals surface area contributed by atoms with Crippen molar-refractivity contribution >= 4 is 51.8 Å². The van der Waals surface area contributed by atoms with Crippen molar-refractivity contribution in [1.29, 1.82) is 0 Å². The quantitative estimate of drug-likeness (QED) is 0.448. The van der Waals surface area contributed by atoms with E-state index in [0.717, 1.165) is 10.8 Å². The van der Waals surface area contributed by atoms with Crippen LogP contribution >= 0.6 is 23.2 Å². The fourth-order valence-electron chi connectivity index (χ4n) is 2.42. The number of anilines is 1. The predicted molar refractivity (Wildman–Crippen MR) is 106 cm³/mol. The summed E-state index contributed by atoms with van der Waals surface area (Å²) in [6.45, 7) is 0.0107. The Hall–Kier alpha value is -2.76. The number of hydrogen-bond donors (Lipinski definition) is 3. The molecule has 3 aromatic rings. The fraction of sp³-hybridized carbons (Fsp3) is 0.0526. The van der Waals surface area contributed by atoms with E-state index in [2.05, 4.69) is 15.8 Å². The third-order valence-electron chi connectivity index (χ3n) is 3.70. The van der Waals surface area contributed by atoms with Crippen LogP contribution in [0.5, 0.6) is 5.75 Å². The molecule has 0 aliphatic carbocycles. The topological polar surface area (TPSA) is 73.7 Å². The van der Waals surface area contributed by atoms with Gasteiger partial charge in [-0.05, 0) is 35.0 Å². The molecule has 0 bridgehead atoms. The maximum atomic E-state index is 11.9. The average molecular weight is 388 g/mol. The van der Waals surface area contributed by atoms with Crippen LogP contribution < -0.4 is 10.7 Å². The smallest absolute Gasteiger partial charge is 0.259 e. The van der Waals surface area contributed by atoms with Gasteiger partial charge in [-0.2, -0.15) is 5.10 Å². The highest BCUT2D eigenvalue weighted by Crippen LogP contribution is 2.26. The zero-order valence-electron chi connectivity index (χ0n) is 13.5. The Morgan fingerprint density at radius 2 is 1.88 bits per heavy atom. The summed E-state index contributed by atoms with van der Waals surface area (Å²) < 4.78 is 0. The Bertz CT molecular complexity index is 990. The van der Waals surface area contributed by atoms with Crippen LogP contribution in [0.1, 0.15) is 5.56 Å². The van der Waals surface area contributed by atoms with Gasteiger partial charge in [0.25, 0.3) is 5.91 Å². The van der Waals surface area contributed by atoms with Crippen LogP contribution in [-0.4, -0.2) is 23.8 Å². The summed E-state index contributed by atoms with van der Waals surface area (Å²) in [5.41, 5.74) is 3.63. The minimum Gasteiger partial charge on any atom is -0.507 e. The van der Waals surface area contributed by atoms with E-state index in [1.54, 1.807) is 24.3 Å². The second-order valence-electron chi connectivity index (χ2n) is 5.50. The van der Waals surface area contributed by atoms with Crippen molar-refractivity contribution in [3.05, 3.63) is 70.2 Å². The van der Waals surface area contributed by atoms with Gasteiger partial charge in [0.2, 0.25) is 0 Å². The maximum absolute atomic E-state index is 11.9. The average Bonchev–Trinajstić information content (AvgIpc) is 2.64. The van der Waals surface area contributed by atoms with E-state index < -0.39 is 0 Å². The normalized spacial score (nSPS) is 11.0. The largest absolute Gasteiger partial charge is 0.507 e. The van der Waals surface area contributed by atoms with Gasteiger partial charge >= 0.3 is 0 Å². The molecule has 1 amide bonds. The van der Waals surface area contributed by atoms with Crippen molar-refractivity contribution in [3.63, 3.8) is 0 Å². The minimum absolute atomic E-state index is 0.0107. The van der Waals surface area contributed by atoms with Crippen molar-refractivity contribution < 1.29 is 9.90 Å². The number of amides is 1. The van der Waals surface area contributed by atoms with Crippen molar-refractivity contribution in [1.82, 2.24) is 5.43 Å². The Morgan fingerprint density at radius 1 is 1.08 bits per heavy atom. The van der Waals surface area contributed by atoms with E-state index >= 15 is 0 Å². The van der Waals surface area contributed by atoms with Crippen LogP contribution in [0.4, 0.5) is 5.69 Å². The highest BCUT2D eigenvalue weighted by Gasteiger charge is 2.05. The fourth-order valence-corrected chi connectivity index (χ4v) is 2.71. The number of carbonyl (C=O) groups is 1. The number of hydrogen-bond acceptors (Lipinski definition) is 4. The first kappa shape index (κ1) is 18.0. The molecule has 0 unspecified atom stereocenters. The van der Waals surface area contributed by atoms with Gasteiger partial charge in [0.05, 0.1) is 22.8 Å². The number of phenolic OH excluding ortho intramolecular Hbond substituents is 1. The lowest BCUT2D eigenvalue weighted by Gasteiger charge is -2.07. The third-order valence-corrected chi connectivity index (χ3v) is 4.44. The monoisotopic (exact) mass is 387 g/mol. The van der Waals surface area contributed by atoms with Crippen LogP contribution in [0.25, 0.3) is 10.8 Å². The lowest BCUT2D eigenvalue weighted by atomic mass is 10.0. The summed E-state index contributed by atoms with van der Waals surface area (Å²) in [6.07, 6.45) is 1.43. The maximum Gasteiger partial charge on any atom is 0.259 e. The molecule has 26 heavy (non-hydrogen) atoms. The molecule has 0 heterocycles. The summed E-state index contributed by atoms with van der Waals surface area (Å²) >= 11 is 11.8. The van der Waals surface area contributed by atoms with E-state index in [-0.39, 0.29) is 18.2 Å². The van der Waals surface area contributed by atoms with Crippen molar-refractivity contribution in [2.45, 2.75) is 0 Å². The molecule has 0 fully saturated rings. The molecule has 0 saturated heterocycles. The summed E-state index contributed by atoms with van der Waals surface area (Å²) in [4.78, 5) is 11.9. The van der Waals surface area contributed by atoms with Crippen molar-refractivity contribution in [2.24, 2.45) is 5.10 Å². The molecule has 0 radical (unpaired) electrons. The number of aromatic hydroxyl groups is 1. The van der Waals surface area contributed by atoms with E-state index in [9.17, 15) is 9.90 Å². The molecule has 0 aliphatic rings. The van der Waals surface area contributed by atoms with E-state index in [0.29, 0.717) is 21.3 Å². The van der Waals surface area contributed by atoms with Crippen LogP contribution in [0.15, 0.2) is 59.7 Å². The molecule has 3 aromatic carbocycles. The summed E-state index contributed by atoms with van der Waals surface area (Å²) in [7, 11) is 0. The van der Waals surface area contributed by atoms with E-state index in [1.165, 1.54) is 6.21 Å². The molecule has 0 atom stereocenters. The van der Waals surface area contributed by atoms with Crippen LogP contribution in [0.3, 0.4) is 0 Å². The van der Waals surface area contributed by atoms with Crippen LogP contribution in [0.2, 0.25) is 10.0 Å². The number of phenols is 1. The zero-order valence-corrected chi connectivity index (χ0v) is 15.1. The van der Waals surface area contributed by atoms with Gasteiger partial charge in [-0.15, -0.1) is 0 Å². The van der Waals surface area contributed by atoms with Gasteiger partial charge in [-0.25, -0.2) is 5.43 Å². The molecule has 3 rings (SSSR count). The molecule has 0 spiro atoms. The Labute approximate surface area is 160 Å². The predicted octanol–water partition coefficient (Wildman–Crippen LogP) is 4.41. The first-order valence-electron chi connectivity index (χ1n) is 7.76. The van der Waals surface area contributed by atoms with Crippen molar-refractivity contribution in [3.8, 4) is 5.75 Å². The number of rotatable bonds is 5. The molecule has 132 valence electrons. The van der Waals surface area contributed by atoms with Gasteiger partial charge in [-0.1, -0.05) is 53.5 Å². The first-order valence-corrected chi connectivity index (χ1v) is 8.52. The zero-order chi connectivity index (χ0) is 18.5. The highest BCUT2D eigenvalue weighted by atomic mass is 35.5. The van der Waals surface area contributed by atoms with E-state index in [4.69, 9.17) is 23.2 Å². The highest BCUT2D eigenvalue weighted by molar-refractivity contribution is 6.42. The number of hydrazone groups is 1. The molecule has 0 aliphatic heterocycles. The van der Waals surface area contributed by atoms with Gasteiger partial charge in [-0.3, -0.25) is 4.79 Å². The number of nitrogens with zero attached hydrogens (tertiary/aromatic N) is 1. The van der Waals surface area contributed by atoms with Gasteiger partial charge in [0.1, 0.15) is 5.75 Å².